The molecule has 0 spiro atoms. The van der Waals surface area contributed by atoms with E-state index in [1.54, 1.807) is 6.33 Å². The van der Waals surface area contributed by atoms with Crippen LogP contribution in [0.5, 0.6) is 0 Å². The van der Waals surface area contributed by atoms with Gasteiger partial charge in [-0.3, -0.25) is 4.79 Å². The van der Waals surface area contributed by atoms with Gasteiger partial charge in [0.05, 0.1) is 5.92 Å². The van der Waals surface area contributed by atoms with E-state index in [0.717, 1.165) is 41.8 Å². The number of amides is 1. The topological polar surface area (TPSA) is 75.4 Å². The summed E-state index contributed by atoms with van der Waals surface area (Å²) in [6.07, 6.45) is 4.54. The summed E-state index contributed by atoms with van der Waals surface area (Å²) in [5.41, 5.74) is 9.36. The highest BCUT2D eigenvalue weighted by Gasteiger charge is 2.31. The molecule has 6 nitrogen and oxygen atoms in total. The van der Waals surface area contributed by atoms with Crippen LogP contribution in [0.1, 0.15) is 48.4 Å². The first-order chi connectivity index (χ1) is 14.1. The molecule has 2 heterocycles. The first-order valence-electron chi connectivity index (χ1n) is 10.4. The van der Waals surface area contributed by atoms with Crippen LogP contribution in [0.2, 0.25) is 0 Å². The number of fused-ring (bicyclic) bond motifs is 1. The highest BCUT2D eigenvalue weighted by Crippen LogP contribution is 2.37. The second kappa shape index (κ2) is 8.79. The minimum atomic E-state index is -0.178. The molecule has 29 heavy (non-hydrogen) atoms. The zero-order valence-electron chi connectivity index (χ0n) is 16.9. The Kier molecular flexibility index (Phi) is 6.15. The molecular weight excluding hydrogens is 430 g/mol. The van der Waals surface area contributed by atoms with E-state index in [1.165, 1.54) is 11.3 Å². The molecule has 1 aromatic heterocycles. The standard InChI is InChI=1S/C22H28BrN5O/c1-15-2-7-19-20(15)21(26-14-25-19)27-10-12-28(13-11-27)22(29)18(8-9-24)16-3-5-17(23)6-4-16/h3-6,14-15,18H,2,7-13,24H2,1H3/t15-,18-/m1/s1. The Hall–Kier alpha value is -1.99. The summed E-state index contributed by atoms with van der Waals surface area (Å²) in [5, 5.41) is 0. The number of nitrogens with two attached hydrogens (primary N) is 1. The van der Waals surface area contributed by atoms with Crippen molar-refractivity contribution in [3.05, 3.63) is 51.9 Å². The van der Waals surface area contributed by atoms with Gasteiger partial charge in [-0.2, -0.15) is 0 Å². The number of carbonyl (C=O) groups excluding carboxylic acids is 1. The van der Waals surface area contributed by atoms with Gasteiger partial charge in [0.2, 0.25) is 5.91 Å². The maximum atomic E-state index is 13.3. The minimum absolute atomic E-state index is 0.178. The maximum Gasteiger partial charge on any atom is 0.230 e. The monoisotopic (exact) mass is 457 g/mol. The van der Waals surface area contributed by atoms with Crippen molar-refractivity contribution in [2.45, 2.75) is 38.0 Å². The summed E-state index contributed by atoms with van der Waals surface area (Å²) in [6.45, 7) is 5.79. The lowest BCUT2D eigenvalue weighted by Gasteiger charge is -2.38. The summed E-state index contributed by atoms with van der Waals surface area (Å²) in [4.78, 5) is 26.7. The van der Waals surface area contributed by atoms with Crippen molar-refractivity contribution in [2.75, 3.05) is 37.6 Å². The molecule has 154 valence electrons. The van der Waals surface area contributed by atoms with Crippen molar-refractivity contribution >= 4 is 27.7 Å². The Morgan fingerprint density at radius 2 is 1.93 bits per heavy atom. The van der Waals surface area contributed by atoms with Crippen LogP contribution in [0.4, 0.5) is 5.82 Å². The van der Waals surface area contributed by atoms with Crippen molar-refractivity contribution in [1.29, 1.82) is 0 Å². The summed E-state index contributed by atoms with van der Waals surface area (Å²) in [7, 11) is 0. The second-order valence-electron chi connectivity index (χ2n) is 7.99. The fourth-order valence-corrected chi connectivity index (χ4v) is 4.79. The molecule has 1 amide bonds. The van der Waals surface area contributed by atoms with E-state index < -0.39 is 0 Å². The number of hydrogen-bond donors (Lipinski definition) is 1. The predicted octanol–water partition coefficient (Wildman–Crippen LogP) is 3.07. The van der Waals surface area contributed by atoms with Gasteiger partial charge >= 0.3 is 0 Å². The number of rotatable bonds is 5. The van der Waals surface area contributed by atoms with Crippen LogP contribution in [0.15, 0.2) is 35.1 Å². The van der Waals surface area contributed by atoms with Gasteiger partial charge in [-0.15, -0.1) is 0 Å². The molecule has 7 heteroatoms. The van der Waals surface area contributed by atoms with E-state index in [1.807, 2.05) is 29.2 Å². The third-order valence-electron chi connectivity index (χ3n) is 6.17. The zero-order chi connectivity index (χ0) is 20.4. The summed E-state index contributed by atoms with van der Waals surface area (Å²) in [5.74, 6) is 1.58. The normalized spacial score (nSPS) is 19.9. The predicted molar refractivity (Wildman–Crippen MR) is 118 cm³/mol. The molecule has 1 aliphatic carbocycles. The first kappa shape index (κ1) is 20.3. The van der Waals surface area contributed by atoms with E-state index in [0.29, 0.717) is 32.0 Å². The third kappa shape index (κ3) is 4.16. The Labute approximate surface area is 180 Å². The van der Waals surface area contributed by atoms with E-state index in [-0.39, 0.29) is 11.8 Å². The van der Waals surface area contributed by atoms with Crippen molar-refractivity contribution < 1.29 is 4.79 Å². The Morgan fingerprint density at radius 3 is 2.62 bits per heavy atom. The number of carbonyl (C=O) groups is 1. The van der Waals surface area contributed by atoms with E-state index in [4.69, 9.17) is 5.73 Å². The molecule has 0 saturated carbocycles. The quantitative estimate of drug-likeness (QED) is 0.746. The summed E-state index contributed by atoms with van der Waals surface area (Å²) < 4.78 is 1.01. The molecule has 2 N–H and O–H groups in total. The molecule has 0 radical (unpaired) electrons. The molecule has 1 fully saturated rings. The molecule has 2 aliphatic rings. The Bertz CT molecular complexity index is 864. The van der Waals surface area contributed by atoms with Gasteiger partial charge in [-0.05, 0) is 49.4 Å². The van der Waals surface area contributed by atoms with Crippen LogP contribution in [-0.2, 0) is 11.2 Å². The molecule has 1 saturated heterocycles. The number of benzene rings is 1. The van der Waals surface area contributed by atoms with Crippen molar-refractivity contribution in [1.82, 2.24) is 14.9 Å². The van der Waals surface area contributed by atoms with Crippen LogP contribution in [0.25, 0.3) is 0 Å². The lowest BCUT2D eigenvalue weighted by molar-refractivity contribution is -0.133. The van der Waals surface area contributed by atoms with E-state index in [2.05, 4.69) is 37.7 Å². The van der Waals surface area contributed by atoms with Crippen molar-refractivity contribution in [3.8, 4) is 0 Å². The number of aryl methyl sites for hydroxylation is 1. The molecule has 0 bridgehead atoms. The van der Waals surface area contributed by atoms with Gasteiger partial charge in [-0.25, -0.2) is 9.97 Å². The molecule has 1 aromatic carbocycles. The van der Waals surface area contributed by atoms with Gasteiger partial charge < -0.3 is 15.5 Å². The third-order valence-corrected chi connectivity index (χ3v) is 6.70. The largest absolute Gasteiger partial charge is 0.353 e. The van der Waals surface area contributed by atoms with Crippen LogP contribution in [0.3, 0.4) is 0 Å². The summed E-state index contributed by atoms with van der Waals surface area (Å²) in [6, 6.07) is 8.01. The van der Waals surface area contributed by atoms with Crippen molar-refractivity contribution in [2.24, 2.45) is 5.73 Å². The zero-order valence-corrected chi connectivity index (χ0v) is 18.4. The average Bonchev–Trinajstić information content (AvgIpc) is 3.14. The molecule has 1 aliphatic heterocycles. The summed E-state index contributed by atoms with van der Waals surface area (Å²) >= 11 is 3.47. The van der Waals surface area contributed by atoms with Gasteiger partial charge in [-0.1, -0.05) is 35.0 Å². The minimum Gasteiger partial charge on any atom is -0.353 e. The molecule has 0 unspecified atom stereocenters. The fourth-order valence-electron chi connectivity index (χ4n) is 4.53. The lowest BCUT2D eigenvalue weighted by atomic mass is 9.94. The number of hydrogen-bond acceptors (Lipinski definition) is 5. The van der Waals surface area contributed by atoms with Crippen LogP contribution in [-0.4, -0.2) is 53.5 Å². The number of anilines is 1. The number of nitrogens with zero attached hydrogens (tertiary/aromatic N) is 4. The van der Waals surface area contributed by atoms with Gasteiger partial charge in [0, 0.05) is 41.9 Å². The van der Waals surface area contributed by atoms with Gasteiger partial charge in [0.25, 0.3) is 0 Å². The highest BCUT2D eigenvalue weighted by atomic mass is 79.9. The first-order valence-corrected chi connectivity index (χ1v) is 11.2. The van der Waals surface area contributed by atoms with Gasteiger partial charge in [0.15, 0.2) is 0 Å². The average molecular weight is 458 g/mol. The SMILES string of the molecule is C[C@@H]1CCc2ncnc(N3CCN(C(=O)[C@H](CCN)c4ccc(Br)cc4)CC3)c21. The van der Waals surface area contributed by atoms with E-state index in [9.17, 15) is 4.79 Å². The molecule has 2 atom stereocenters. The van der Waals surface area contributed by atoms with Crippen LogP contribution < -0.4 is 10.6 Å². The molecule has 4 rings (SSSR count). The highest BCUT2D eigenvalue weighted by molar-refractivity contribution is 9.10. The maximum absolute atomic E-state index is 13.3. The van der Waals surface area contributed by atoms with E-state index >= 15 is 0 Å². The second-order valence-corrected chi connectivity index (χ2v) is 8.91. The number of piperazine rings is 1. The van der Waals surface area contributed by atoms with Crippen LogP contribution >= 0.6 is 15.9 Å². The van der Waals surface area contributed by atoms with Crippen molar-refractivity contribution in [3.63, 3.8) is 0 Å². The Morgan fingerprint density at radius 1 is 1.21 bits per heavy atom. The van der Waals surface area contributed by atoms with Gasteiger partial charge in [0.1, 0.15) is 12.1 Å². The number of aromatic nitrogens is 2. The molecule has 2 aromatic rings. The fraction of sp³-hybridized carbons (Fsp3) is 0.500. The Balaban J connectivity index is 1.46. The smallest absolute Gasteiger partial charge is 0.230 e. The van der Waals surface area contributed by atoms with Crippen LogP contribution in [0, 0.1) is 0 Å². The molecular formula is C22H28BrN5O. The lowest BCUT2D eigenvalue weighted by Crippen LogP contribution is -2.50. The number of halogens is 1.